The highest BCUT2D eigenvalue weighted by atomic mass is 32.2. The van der Waals surface area contributed by atoms with Crippen molar-refractivity contribution in [1.29, 1.82) is 0 Å². The Morgan fingerprint density at radius 1 is 1.21 bits per heavy atom. The topological polar surface area (TPSA) is 34.4 Å². The highest BCUT2D eigenvalue weighted by Gasteiger charge is 2.08. The fourth-order valence-corrected chi connectivity index (χ4v) is 5.02. The first kappa shape index (κ1) is 20.6. The molecule has 5 heteroatoms. The average molecular weight is 411 g/mol. The van der Waals surface area contributed by atoms with Gasteiger partial charge in [0.05, 0.1) is 10.2 Å². The molecule has 28 heavy (non-hydrogen) atoms. The molecular formula is C23H26N2OS2. The third kappa shape index (κ3) is 5.46. The van der Waals surface area contributed by atoms with Crippen LogP contribution in [0, 0.1) is 0 Å². The maximum Gasteiger partial charge on any atom is 0.248 e. The molecule has 3 nitrogen and oxygen atoms in total. The summed E-state index contributed by atoms with van der Waals surface area (Å²) in [7, 11) is 0. The van der Waals surface area contributed by atoms with Crippen LogP contribution in [0.4, 0.5) is 0 Å². The fraction of sp³-hybridized carbons (Fsp3) is 0.304. The Labute approximate surface area is 174 Å². The second-order valence-corrected chi connectivity index (χ2v) is 8.70. The predicted molar refractivity (Wildman–Crippen MR) is 122 cm³/mol. The van der Waals surface area contributed by atoms with E-state index in [1.54, 1.807) is 11.3 Å². The number of carbonyl (C=O) groups excluding carboxylic acids is 1. The quantitative estimate of drug-likeness (QED) is 0.340. The summed E-state index contributed by atoms with van der Waals surface area (Å²) in [5.41, 5.74) is 3.74. The summed E-state index contributed by atoms with van der Waals surface area (Å²) in [6, 6.07) is 16.9. The molecule has 1 heterocycles. The normalized spacial score (nSPS) is 11.8. The maximum absolute atomic E-state index is 12.4. The van der Waals surface area contributed by atoms with Gasteiger partial charge in [-0.1, -0.05) is 60.7 Å². The van der Waals surface area contributed by atoms with Crippen LogP contribution in [0.25, 0.3) is 10.2 Å². The SMILES string of the molecule is C=CCn1c(=NC(=O)CCCSCc2ccccc2)sc2cc(CC)ccc21. The standard InChI is InChI=1S/C23H26N2OS2/c1-3-14-25-20-13-12-18(4-2)16-21(20)28-23(25)24-22(26)11-8-15-27-17-19-9-6-5-7-10-19/h3,5-7,9-10,12-13,16H,1,4,8,11,14-15,17H2,2H3. The van der Waals surface area contributed by atoms with E-state index < -0.39 is 0 Å². The summed E-state index contributed by atoms with van der Waals surface area (Å²) >= 11 is 3.45. The highest BCUT2D eigenvalue weighted by molar-refractivity contribution is 7.98. The molecule has 2 aromatic carbocycles. The molecule has 3 rings (SSSR count). The maximum atomic E-state index is 12.4. The molecule has 0 radical (unpaired) electrons. The summed E-state index contributed by atoms with van der Waals surface area (Å²) in [6.45, 7) is 6.65. The first-order valence-corrected chi connectivity index (χ1v) is 11.6. The summed E-state index contributed by atoms with van der Waals surface area (Å²) in [6.07, 6.45) is 4.20. The second-order valence-electron chi connectivity index (χ2n) is 6.59. The molecule has 3 aromatic rings. The number of hydrogen-bond acceptors (Lipinski definition) is 3. The van der Waals surface area contributed by atoms with Crippen molar-refractivity contribution in [1.82, 2.24) is 4.57 Å². The van der Waals surface area contributed by atoms with Gasteiger partial charge >= 0.3 is 0 Å². The van der Waals surface area contributed by atoms with E-state index in [-0.39, 0.29) is 5.91 Å². The minimum atomic E-state index is -0.0413. The van der Waals surface area contributed by atoms with Crippen LogP contribution in [0.3, 0.4) is 0 Å². The van der Waals surface area contributed by atoms with Gasteiger partial charge in [0, 0.05) is 18.7 Å². The lowest BCUT2D eigenvalue weighted by Gasteiger charge is -2.02. The summed E-state index contributed by atoms with van der Waals surface area (Å²) < 4.78 is 3.25. The van der Waals surface area contributed by atoms with Crippen LogP contribution in [0.5, 0.6) is 0 Å². The van der Waals surface area contributed by atoms with E-state index in [1.807, 2.05) is 23.9 Å². The lowest BCUT2D eigenvalue weighted by Crippen LogP contribution is -2.16. The Kier molecular flexibility index (Phi) is 7.69. The lowest BCUT2D eigenvalue weighted by atomic mass is 10.2. The van der Waals surface area contributed by atoms with Gasteiger partial charge in [-0.2, -0.15) is 16.8 Å². The average Bonchev–Trinajstić information content (AvgIpc) is 3.05. The van der Waals surface area contributed by atoms with Crippen LogP contribution < -0.4 is 4.80 Å². The minimum absolute atomic E-state index is 0.0413. The highest BCUT2D eigenvalue weighted by Crippen LogP contribution is 2.20. The molecule has 0 N–H and O–H groups in total. The molecule has 0 fully saturated rings. The largest absolute Gasteiger partial charge is 0.313 e. The zero-order valence-corrected chi connectivity index (χ0v) is 17.9. The first-order chi connectivity index (χ1) is 13.7. The monoisotopic (exact) mass is 410 g/mol. The van der Waals surface area contributed by atoms with Gasteiger partial charge in [-0.25, -0.2) is 0 Å². The second kappa shape index (κ2) is 10.4. The van der Waals surface area contributed by atoms with E-state index in [9.17, 15) is 4.79 Å². The number of allylic oxidation sites excluding steroid dienone is 1. The van der Waals surface area contributed by atoms with Crippen molar-refractivity contribution < 1.29 is 4.79 Å². The zero-order valence-electron chi connectivity index (χ0n) is 16.3. The van der Waals surface area contributed by atoms with E-state index in [4.69, 9.17) is 0 Å². The van der Waals surface area contributed by atoms with Gasteiger partial charge < -0.3 is 4.57 Å². The van der Waals surface area contributed by atoms with Gasteiger partial charge in [0.2, 0.25) is 5.91 Å². The number of nitrogens with zero attached hydrogens (tertiary/aromatic N) is 2. The number of carbonyl (C=O) groups is 1. The molecule has 0 bridgehead atoms. The Morgan fingerprint density at radius 3 is 2.79 bits per heavy atom. The third-order valence-electron chi connectivity index (χ3n) is 4.48. The Balaban J connectivity index is 1.63. The Hall–Kier alpha value is -2.11. The molecule has 0 saturated carbocycles. The molecule has 0 saturated heterocycles. The van der Waals surface area contributed by atoms with Crippen molar-refractivity contribution in [2.24, 2.45) is 4.99 Å². The van der Waals surface area contributed by atoms with Crippen LogP contribution in [0.15, 0.2) is 66.2 Å². The first-order valence-electron chi connectivity index (χ1n) is 9.63. The zero-order chi connectivity index (χ0) is 19.8. The molecule has 0 unspecified atom stereocenters. The van der Waals surface area contributed by atoms with Crippen molar-refractivity contribution in [3.05, 3.63) is 77.1 Å². The third-order valence-corrected chi connectivity index (χ3v) is 6.63. The number of rotatable bonds is 9. The van der Waals surface area contributed by atoms with Crippen molar-refractivity contribution >= 4 is 39.2 Å². The molecule has 0 aliphatic carbocycles. The summed E-state index contributed by atoms with van der Waals surface area (Å²) in [4.78, 5) is 17.6. The number of aromatic nitrogens is 1. The van der Waals surface area contributed by atoms with Gasteiger partial charge in [-0.15, -0.1) is 6.58 Å². The van der Waals surface area contributed by atoms with Crippen molar-refractivity contribution in [2.75, 3.05) is 5.75 Å². The number of hydrogen-bond donors (Lipinski definition) is 0. The molecule has 0 aliphatic rings. The van der Waals surface area contributed by atoms with E-state index in [1.165, 1.54) is 15.8 Å². The molecule has 146 valence electrons. The fourth-order valence-electron chi connectivity index (χ4n) is 2.98. The van der Waals surface area contributed by atoms with Crippen molar-refractivity contribution in [2.45, 2.75) is 38.5 Å². The van der Waals surface area contributed by atoms with Crippen LogP contribution in [-0.4, -0.2) is 16.2 Å². The van der Waals surface area contributed by atoms with E-state index >= 15 is 0 Å². The smallest absolute Gasteiger partial charge is 0.248 e. The molecule has 0 aliphatic heterocycles. The molecule has 1 amide bonds. The Morgan fingerprint density at radius 2 is 2.04 bits per heavy atom. The van der Waals surface area contributed by atoms with Crippen LogP contribution in [0.1, 0.15) is 30.9 Å². The minimum Gasteiger partial charge on any atom is -0.313 e. The molecule has 1 aromatic heterocycles. The summed E-state index contributed by atoms with van der Waals surface area (Å²) in [5, 5.41) is 0. The van der Waals surface area contributed by atoms with E-state index in [2.05, 4.69) is 65.5 Å². The van der Waals surface area contributed by atoms with Gasteiger partial charge in [0.1, 0.15) is 0 Å². The number of thiazole rings is 1. The van der Waals surface area contributed by atoms with Crippen molar-refractivity contribution in [3.8, 4) is 0 Å². The van der Waals surface area contributed by atoms with Crippen LogP contribution in [-0.2, 0) is 23.5 Å². The number of thioether (sulfide) groups is 1. The molecular weight excluding hydrogens is 384 g/mol. The number of amides is 1. The van der Waals surface area contributed by atoms with Gasteiger partial charge in [-0.05, 0) is 41.9 Å². The molecule has 0 spiro atoms. The predicted octanol–water partition coefficient (Wildman–Crippen LogP) is 5.59. The van der Waals surface area contributed by atoms with Gasteiger partial charge in [-0.3, -0.25) is 4.79 Å². The van der Waals surface area contributed by atoms with E-state index in [0.717, 1.165) is 34.7 Å². The van der Waals surface area contributed by atoms with Gasteiger partial charge in [0.25, 0.3) is 0 Å². The lowest BCUT2D eigenvalue weighted by molar-refractivity contribution is -0.118. The van der Waals surface area contributed by atoms with Crippen LogP contribution >= 0.6 is 23.1 Å². The number of benzene rings is 2. The van der Waals surface area contributed by atoms with E-state index in [0.29, 0.717) is 13.0 Å². The molecule has 0 atom stereocenters. The van der Waals surface area contributed by atoms with Crippen molar-refractivity contribution in [3.63, 3.8) is 0 Å². The summed E-state index contributed by atoms with van der Waals surface area (Å²) in [5.74, 6) is 1.91. The number of aryl methyl sites for hydroxylation is 1. The van der Waals surface area contributed by atoms with Gasteiger partial charge in [0.15, 0.2) is 4.80 Å². The Bertz CT molecular complexity index is 1000. The number of fused-ring (bicyclic) bond motifs is 1. The van der Waals surface area contributed by atoms with Crippen LogP contribution in [0.2, 0.25) is 0 Å².